The van der Waals surface area contributed by atoms with Gasteiger partial charge in [0.15, 0.2) is 0 Å². The Morgan fingerprint density at radius 3 is 1.93 bits per heavy atom. The van der Waals surface area contributed by atoms with Crippen molar-refractivity contribution < 1.29 is 0 Å². The zero-order valence-corrected chi connectivity index (χ0v) is 9.83. The van der Waals surface area contributed by atoms with Gasteiger partial charge >= 0.3 is 0 Å². The lowest BCUT2D eigenvalue weighted by Crippen LogP contribution is -2.37. The lowest BCUT2D eigenvalue weighted by atomic mass is 9.82. The Balaban J connectivity index is 1.55. The molecule has 0 amide bonds. The van der Waals surface area contributed by atoms with Gasteiger partial charge in [-0.2, -0.15) is 0 Å². The molecule has 3 aliphatic rings. The fourth-order valence-corrected chi connectivity index (χ4v) is 4.16. The van der Waals surface area contributed by atoms with E-state index in [1.54, 1.807) is 0 Å². The first-order valence-corrected chi connectivity index (χ1v) is 7.10. The Bertz CT molecular complexity index is 207. The summed E-state index contributed by atoms with van der Waals surface area (Å²) in [7, 11) is 0. The predicted molar refractivity (Wildman–Crippen MR) is 63.5 cm³/mol. The molecule has 0 aliphatic heterocycles. The normalized spacial score (nSPS) is 43.4. The van der Waals surface area contributed by atoms with Crippen LogP contribution in [0.25, 0.3) is 0 Å². The van der Waals surface area contributed by atoms with Gasteiger partial charge in [-0.3, -0.25) is 0 Å². The molecule has 3 aliphatic carbocycles. The summed E-state index contributed by atoms with van der Waals surface area (Å²) in [5, 5.41) is 0. The van der Waals surface area contributed by atoms with Crippen LogP contribution in [0.2, 0.25) is 0 Å². The van der Waals surface area contributed by atoms with Gasteiger partial charge in [0.25, 0.3) is 0 Å². The third kappa shape index (κ3) is 2.08. The number of fused-ring (bicyclic) bond motifs is 1. The monoisotopic (exact) mass is 207 g/mol. The second-order valence-corrected chi connectivity index (χ2v) is 6.32. The van der Waals surface area contributed by atoms with Gasteiger partial charge in [0.2, 0.25) is 0 Å². The van der Waals surface area contributed by atoms with Crippen molar-refractivity contribution in [3.05, 3.63) is 0 Å². The Morgan fingerprint density at radius 1 is 0.733 bits per heavy atom. The van der Waals surface area contributed by atoms with Crippen LogP contribution in [-0.4, -0.2) is 6.04 Å². The van der Waals surface area contributed by atoms with E-state index in [1.165, 1.54) is 57.8 Å². The number of nitrogens with two attached hydrogens (primary N) is 1. The molecule has 0 aromatic carbocycles. The van der Waals surface area contributed by atoms with E-state index in [4.69, 9.17) is 5.73 Å². The first kappa shape index (κ1) is 10.1. The number of hydrogen-bond acceptors (Lipinski definition) is 1. The third-order valence-corrected chi connectivity index (χ3v) is 5.27. The molecule has 3 rings (SSSR count). The molecule has 0 spiro atoms. The van der Waals surface area contributed by atoms with Gasteiger partial charge in [-0.25, -0.2) is 0 Å². The van der Waals surface area contributed by atoms with E-state index in [1.807, 2.05) is 0 Å². The van der Waals surface area contributed by atoms with Crippen molar-refractivity contribution in [2.75, 3.05) is 0 Å². The highest BCUT2D eigenvalue weighted by Crippen LogP contribution is 2.55. The molecule has 86 valence electrons. The number of hydrogen-bond donors (Lipinski definition) is 1. The summed E-state index contributed by atoms with van der Waals surface area (Å²) in [5.74, 6) is 3.98. The fourth-order valence-electron chi connectivity index (χ4n) is 4.16. The quantitative estimate of drug-likeness (QED) is 0.691. The fraction of sp³-hybridized carbons (Fsp3) is 1.00. The van der Waals surface area contributed by atoms with Crippen LogP contribution in [0.1, 0.15) is 57.8 Å². The molecule has 15 heavy (non-hydrogen) atoms. The Morgan fingerprint density at radius 2 is 1.33 bits per heavy atom. The third-order valence-electron chi connectivity index (χ3n) is 5.27. The number of rotatable bonds is 2. The molecule has 2 N–H and O–H groups in total. The standard InChI is InChI=1S/C14H25N/c15-14(10-5-3-1-2-4-6-10)13-8-11-7-12(11)9-13/h10-14H,1-9,15H2. The largest absolute Gasteiger partial charge is 0.327 e. The minimum Gasteiger partial charge on any atom is -0.327 e. The van der Waals surface area contributed by atoms with E-state index in [2.05, 4.69) is 0 Å². The van der Waals surface area contributed by atoms with Crippen molar-refractivity contribution in [1.82, 2.24) is 0 Å². The molecule has 0 radical (unpaired) electrons. The predicted octanol–water partition coefficient (Wildman–Crippen LogP) is 3.33. The van der Waals surface area contributed by atoms with E-state index in [0.717, 1.165) is 23.7 Å². The summed E-state index contributed by atoms with van der Waals surface area (Å²) in [6, 6.07) is 0.552. The van der Waals surface area contributed by atoms with Gasteiger partial charge in [0, 0.05) is 6.04 Å². The molecule has 3 saturated carbocycles. The topological polar surface area (TPSA) is 26.0 Å². The molecule has 1 nitrogen and oxygen atoms in total. The molecule has 0 aromatic heterocycles. The molecular weight excluding hydrogens is 182 g/mol. The van der Waals surface area contributed by atoms with Gasteiger partial charge in [-0.05, 0) is 55.8 Å². The van der Waals surface area contributed by atoms with Crippen molar-refractivity contribution in [2.45, 2.75) is 63.8 Å². The van der Waals surface area contributed by atoms with Crippen molar-refractivity contribution >= 4 is 0 Å². The molecule has 0 heterocycles. The highest BCUT2D eigenvalue weighted by molar-refractivity contribution is 4.99. The van der Waals surface area contributed by atoms with Crippen LogP contribution in [0.3, 0.4) is 0 Å². The van der Waals surface area contributed by atoms with Gasteiger partial charge in [0.1, 0.15) is 0 Å². The molecule has 3 atom stereocenters. The minimum absolute atomic E-state index is 0.552. The molecule has 0 aromatic rings. The average Bonchev–Trinajstić information content (AvgIpc) is 2.95. The highest BCUT2D eigenvalue weighted by atomic mass is 14.7. The molecule has 3 fully saturated rings. The van der Waals surface area contributed by atoms with Crippen LogP contribution in [0.15, 0.2) is 0 Å². The van der Waals surface area contributed by atoms with Crippen molar-refractivity contribution in [2.24, 2.45) is 29.4 Å². The van der Waals surface area contributed by atoms with Crippen LogP contribution in [0, 0.1) is 23.7 Å². The lowest BCUT2D eigenvalue weighted by Gasteiger charge is -2.28. The summed E-state index contributed by atoms with van der Waals surface area (Å²) in [6.45, 7) is 0. The van der Waals surface area contributed by atoms with E-state index < -0.39 is 0 Å². The average molecular weight is 207 g/mol. The molecule has 0 saturated heterocycles. The Kier molecular flexibility index (Phi) is 2.76. The van der Waals surface area contributed by atoms with E-state index >= 15 is 0 Å². The second kappa shape index (κ2) is 4.08. The summed E-state index contributed by atoms with van der Waals surface area (Å²) in [6.07, 6.45) is 13.1. The van der Waals surface area contributed by atoms with Crippen LogP contribution >= 0.6 is 0 Å². The maximum absolute atomic E-state index is 6.51. The molecular formula is C14H25N. The van der Waals surface area contributed by atoms with Crippen LogP contribution in [-0.2, 0) is 0 Å². The van der Waals surface area contributed by atoms with Crippen LogP contribution < -0.4 is 5.73 Å². The highest BCUT2D eigenvalue weighted by Gasteiger charge is 2.48. The zero-order valence-electron chi connectivity index (χ0n) is 9.83. The summed E-state index contributed by atoms with van der Waals surface area (Å²) >= 11 is 0. The van der Waals surface area contributed by atoms with Gasteiger partial charge < -0.3 is 5.73 Å². The van der Waals surface area contributed by atoms with Crippen molar-refractivity contribution in [3.8, 4) is 0 Å². The van der Waals surface area contributed by atoms with Crippen molar-refractivity contribution in [1.29, 1.82) is 0 Å². The van der Waals surface area contributed by atoms with Gasteiger partial charge in [-0.15, -0.1) is 0 Å². The van der Waals surface area contributed by atoms with E-state index in [-0.39, 0.29) is 0 Å². The summed E-state index contributed by atoms with van der Waals surface area (Å²) in [4.78, 5) is 0. The van der Waals surface area contributed by atoms with Crippen molar-refractivity contribution in [3.63, 3.8) is 0 Å². The first-order valence-electron chi connectivity index (χ1n) is 7.10. The minimum atomic E-state index is 0.552. The van der Waals surface area contributed by atoms with Crippen LogP contribution in [0.4, 0.5) is 0 Å². The lowest BCUT2D eigenvalue weighted by molar-refractivity contribution is 0.271. The first-order chi connectivity index (χ1) is 7.34. The molecule has 1 heteroatoms. The molecule has 0 bridgehead atoms. The SMILES string of the molecule is NC(C1CCCCCC1)C1CC2CC2C1. The van der Waals surface area contributed by atoms with Gasteiger partial charge in [0.05, 0.1) is 0 Å². The Labute approximate surface area is 93.8 Å². The summed E-state index contributed by atoms with van der Waals surface area (Å²) in [5.41, 5.74) is 6.51. The van der Waals surface area contributed by atoms with Gasteiger partial charge in [-0.1, -0.05) is 25.7 Å². The maximum Gasteiger partial charge on any atom is 0.00958 e. The Hall–Kier alpha value is -0.0400. The maximum atomic E-state index is 6.51. The van der Waals surface area contributed by atoms with E-state index in [9.17, 15) is 0 Å². The smallest absolute Gasteiger partial charge is 0.00958 e. The zero-order chi connectivity index (χ0) is 10.3. The summed E-state index contributed by atoms with van der Waals surface area (Å²) < 4.78 is 0. The van der Waals surface area contributed by atoms with E-state index in [0.29, 0.717) is 6.04 Å². The second-order valence-electron chi connectivity index (χ2n) is 6.32. The molecule has 3 unspecified atom stereocenters. The van der Waals surface area contributed by atoms with Crippen LogP contribution in [0.5, 0.6) is 0 Å².